The molecule has 0 fully saturated rings. The minimum atomic E-state index is -0.463. The second-order valence-corrected chi connectivity index (χ2v) is 4.73. The van der Waals surface area contributed by atoms with Crippen LogP contribution in [0.4, 0.5) is 15.8 Å². The lowest BCUT2D eigenvalue weighted by Crippen LogP contribution is -2.03. The first-order chi connectivity index (χ1) is 8.61. The highest BCUT2D eigenvalue weighted by molar-refractivity contribution is 7.09. The largest absolute Gasteiger partial charge is 0.494 e. The van der Waals surface area contributed by atoms with Gasteiger partial charge in [0.25, 0.3) is 0 Å². The Morgan fingerprint density at radius 1 is 1.50 bits per heavy atom. The van der Waals surface area contributed by atoms with Crippen molar-refractivity contribution in [3.05, 3.63) is 34.0 Å². The van der Waals surface area contributed by atoms with Crippen molar-refractivity contribution in [2.75, 3.05) is 18.2 Å². The quantitative estimate of drug-likeness (QED) is 0.836. The molecule has 0 atom stereocenters. The number of halogens is 1. The molecule has 2 aromatic rings. The summed E-state index contributed by atoms with van der Waals surface area (Å²) in [4.78, 5) is 5.28. The number of anilines is 2. The lowest BCUT2D eigenvalue weighted by atomic mass is 10.2. The minimum absolute atomic E-state index is 0.174. The van der Waals surface area contributed by atoms with Crippen LogP contribution in [0.5, 0.6) is 5.75 Å². The van der Waals surface area contributed by atoms with Crippen LogP contribution in [0.1, 0.15) is 10.6 Å². The lowest BCUT2D eigenvalue weighted by Gasteiger charge is -2.11. The molecule has 0 amide bonds. The van der Waals surface area contributed by atoms with Crippen LogP contribution >= 0.6 is 11.3 Å². The number of nitrogen functional groups attached to an aromatic ring is 1. The maximum atomic E-state index is 13.4. The van der Waals surface area contributed by atoms with E-state index >= 15 is 0 Å². The summed E-state index contributed by atoms with van der Waals surface area (Å²) in [6, 6.07) is 2.81. The van der Waals surface area contributed by atoms with Crippen molar-refractivity contribution < 1.29 is 9.13 Å². The number of aryl methyl sites for hydroxylation is 1. The zero-order chi connectivity index (χ0) is 13.1. The van der Waals surface area contributed by atoms with Crippen LogP contribution in [0.15, 0.2) is 17.6 Å². The monoisotopic (exact) mass is 267 g/mol. The zero-order valence-corrected chi connectivity index (χ0v) is 11.0. The number of ether oxygens (including phenoxy) is 1. The molecule has 0 radical (unpaired) electrons. The maximum Gasteiger partial charge on any atom is 0.167 e. The average molecular weight is 267 g/mol. The van der Waals surface area contributed by atoms with E-state index in [1.807, 2.05) is 6.92 Å². The van der Waals surface area contributed by atoms with E-state index in [4.69, 9.17) is 10.5 Å². The van der Waals surface area contributed by atoms with E-state index in [1.165, 1.54) is 13.2 Å². The molecule has 0 aliphatic rings. The Hall–Kier alpha value is -1.82. The number of aromatic nitrogens is 1. The van der Waals surface area contributed by atoms with E-state index in [2.05, 4.69) is 10.3 Å². The molecule has 0 saturated carbocycles. The number of hydrogen-bond acceptors (Lipinski definition) is 5. The van der Waals surface area contributed by atoms with E-state index < -0.39 is 5.82 Å². The van der Waals surface area contributed by atoms with Gasteiger partial charge in [0, 0.05) is 17.0 Å². The molecule has 1 aromatic heterocycles. The van der Waals surface area contributed by atoms with Crippen LogP contribution in [0.2, 0.25) is 0 Å². The molecule has 0 unspecified atom stereocenters. The number of nitrogens with one attached hydrogen (secondary N) is 1. The molecule has 1 heterocycles. The van der Waals surface area contributed by atoms with Crippen LogP contribution in [-0.2, 0) is 6.54 Å². The van der Waals surface area contributed by atoms with Crippen molar-refractivity contribution in [1.29, 1.82) is 0 Å². The smallest absolute Gasteiger partial charge is 0.167 e. The summed E-state index contributed by atoms with van der Waals surface area (Å²) >= 11 is 1.57. The first-order valence-electron chi connectivity index (χ1n) is 5.37. The Morgan fingerprint density at radius 2 is 2.28 bits per heavy atom. The van der Waals surface area contributed by atoms with Gasteiger partial charge in [0.2, 0.25) is 0 Å². The van der Waals surface area contributed by atoms with E-state index in [-0.39, 0.29) is 5.75 Å². The van der Waals surface area contributed by atoms with E-state index in [0.29, 0.717) is 17.9 Å². The van der Waals surface area contributed by atoms with Crippen LogP contribution in [-0.4, -0.2) is 12.1 Å². The lowest BCUT2D eigenvalue weighted by molar-refractivity contribution is 0.387. The van der Waals surface area contributed by atoms with Crippen molar-refractivity contribution >= 4 is 22.7 Å². The molecule has 0 aliphatic heterocycles. The van der Waals surface area contributed by atoms with Gasteiger partial charge in [-0.3, -0.25) is 0 Å². The summed E-state index contributed by atoms with van der Waals surface area (Å²) in [7, 11) is 1.42. The third-order valence-corrected chi connectivity index (χ3v) is 3.54. The Bertz CT molecular complexity index is 556. The molecule has 96 valence electrons. The molecular formula is C12H14FN3OS. The van der Waals surface area contributed by atoms with Gasteiger partial charge in [0.15, 0.2) is 11.6 Å². The minimum Gasteiger partial charge on any atom is -0.494 e. The second-order valence-electron chi connectivity index (χ2n) is 3.79. The van der Waals surface area contributed by atoms with Crippen LogP contribution in [0, 0.1) is 12.7 Å². The summed E-state index contributed by atoms with van der Waals surface area (Å²) in [5, 5.41) is 3.16. The predicted molar refractivity (Wildman–Crippen MR) is 71.5 cm³/mol. The standard InChI is InChI=1S/C12H14FN3OS/c1-7-12(18-6-16-7)5-15-10-4-11(17-2)8(13)3-9(10)14/h3-4,6,15H,5,14H2,1-2H3. The Kier molecular flexibility index (Phi) is 3.66. The maximum absolute atomic E-state index is 13.4. The number of benzene rings is 1. The summed E-state index contributed by atoms with van der Waals surface area (Å²) in [6.07, 6.45) is 0. The van der Waals surface area contributed by atoms with Crippen LogP contribution in [0.25, 0.3) is 0 Å². The van der Waals surface area contributed by atoms with Gasteiger partial charge in [0.05, 0.1) is 36.2 Å². The van der Waals surface area contributed by atoms with Crippen molar-refractivity contribution in [2.45, 2.75) is 13.5 Å². The van der Waals surface area contributed by atoms with Crippen molar-refractivity contribution in [1.82, 2.24) is 4.98 Å². The number of hydrogen-bond donors (Lipinski definition) is 2. The molecule has 0 saturated heterocycles. The third-order valence-electron chi connectivity index (χ3n) is 2.61. The van der Waals surface area contributed by atoms with Crippen LogP contribution < -0.4 is 15.8 Å². The highest BCUT2D eigenvalue weighted by Gasteiger charge is 2.09. The van der Waals surface area contributed by atoms with Gasteiger partial charge in [-0.05, 0) is 6.92 Å². The SMILES string of the molecule is COc1cc(NCc2scnc2C)c(N)cc1F. The van der Waals surface area contributed by atoms with Crippen LogP contribution in [0.3, 0.4) is 0 Å². The first-order valence-corrected chi connectivity index (χ1v) is 6.25. The van der Waals surface area contributed by atoms with Gasteiger partial charge in [-0.25, -0.2) is 9.37 Å². The van der Waals surface area contributed by atoms with Gasteiger partial charge in [0.1, 0.15) is 0 Å². The fourth-order valence-corrected chi connectivity index (χ4v) is 2.27. The summed E-state index contributed by atoms with van der Waals surface area (Å²) < 4.78 is 18.3. The normalized spacial score (nSPS) is 10.4. The molecule has 0 aliphatic carbocycles. The first kappa shape index (κ1) is 12.6. The highest BCUT2D eigenvalue weighted by atomic mass is 32.1. The van der Waals surface area contributed by atoms with Crippen molar-refractivity contribution in [3.8, 4) is 5.75 Å². The van der Waals surface area contributed by atoms with E-state index in [1.54, 1.807) is 22.9 Å². The highest BCUT2D eigenvalue weighted by Crippen LogP contribution is 2.28. The van der Waals surface area contributed by atoms with Crippen molar-refractivity contribution in [2.24, 2.45) is 0 Å². The van der Waals surface area contributed by atoms with Gasteiger partial charge in [-0.1, -0.05) is 0 Å². The number of thiazole rings is 1. The number of methoxy groups -OCH3 is 1. The number of nitrogens with two attached hydrogens (primary N) is 1. The van der Waals surface area contributed by atoms with E-state index in [9.17, 15) is 4.39 Å². The number of rotatable bonds is 4. The summed E-state index contributed by atoms with van der Waals surface area (Å²) in [5.41, 5.74) is 9.54. The average Bonchev–Trinajstić information content (AvgIpc) is 2.74. The fraction of sp³-hybridized carbons (Fsp3) is 0.250. The number of nitrogens with zero attached hydrogens (tertiary/aromatic N) is 1. The Labute approximate surface area is 109 Å². The molecular weight excluding hydrogens is 253 g/mol. The zero-order valence-electron chi connectivity index (χ0n) is 10.2. The summed E-state index contributed by atoms with van der Waals surface area (Å²) in [6.45, 7) is 2.55. The molecule has 0 spiro atoms. The third kappa shape index (κ3) is 2.53. The fourth-order valence-electron chi connectivity index (χ4n) is 1.55. The van der Waals surface area contributed by atoms with Gasteiger partial charge in [-0.2, -0.15) is 0 Å². The molecule has 18 heavy (non-hydrogen) atoms. The molecule has 4 nitrogen and oxygen atoms in total. The Balaban J connectivity index is 2.16. The molecule has 1 aromatic carbocycles. The van der Waals surface area contributed by atoms with Crippen molar-refractivity contribution in [3.63, 3.8) is 0 Å². The molecule has 6 heteroatoms. The molecule has 3 N–H and O–H groups in total. The Morgan fingerprint density at radius 3 is 2.89 bits per heavy atom. The van der Waals surface area contributed by atoms with Gasteiger partial charge >= 0.3 is 0 Å². The van der Waals surface area contributed by atoms with Gasteiger partial charge < -0.3 is 15.8 Å². The van der Waals surface area contributed by atoms with E-state index in [0.717, 1.165) is 10.6 Å². The summed E-state index contributed by atoms with van der Waals surface area (Å²) in [5.74, 6) is -0.290. The second kappa shape index (κ2) is 5.22. The predicted octanol–water partition coefficient (Wildman–Crippen LogP) is 2.79. The topological polar surface area (TPSA) is 60.2 Å². The van der Waals surface area contributed by atoms with Gasteiger partial charge in [-0.15, -0.1) is 11.3 Å². The molecule has 0 bridgehead atoms. The molecule has 2 rings (SSSR count).